The van der Waals surface area contributed by atoms with E-state index >= 15 is 0 Å². The number of aromatic nitrogens is 3. The summed E-state index contributed by atoms with van der Waals surface area (Å²) in [5.41, 5.74) is 5.89. The monoisotopic (exact) mass is 472 g/mol. The minimum Gasteiger partial charge on any atom is -0.858 e. The highest BCUT2D eigenvalue weighted by Crippen LogP contribution is 2.33. The van der Waals surface area contributed by atoms with Crippen LogP contribution in [0.2, 0.25) is 0 Å². The fraction of sp³-hybridized carbons (Fsp3) is 0.0833. The summed E-state index contributed by atoms with van der Waals surface area (Å²) in [4.78, 5) is 4.55. The number of nitrogens with zero attached hydrogens (tertiary/aromatic N) is 5. The molecule has 2 aromatic heterocycles. The van der Waals surface area contributed by atoms with Crippen LogP contribution in [0.3, 0.4) is 0 Å². The number of pyridine rings is 1. The van der Waals surface area contributed by atoms with Crippen molar-refractivity contribution in [2.24, 2.45) is 4.40 Å². The molecule has 0 saturated carbocycles. The summed E-state index contributed by atoms with van der Waals surface area (Å²) in [5, 5.41) is 19.7. The number of sulfonamides is 1. The van der Waals surface area contributed by atoms with Crippen LogP contribution in [0.15, 0.2) is 88.3 Å². The summed E-state index contributed by atoms with van der Waals surface area (Å²) in [6, 6.07) is 20.7. The molecule has 3 heterocycles. The van der Waals surface area contributed by atoms with Crippen molar-refractivity contribution in [3.05, 3.63) is 95.8 Å². The molecule has 0 atom stereocenters. The molecule has 0 spiro atoms. The molecule has 170 valence electrons. The first-order chi connectivity index (χ1) is 16.3. The van der Waals surface area contributed by atoms with Crippen LogP contribution >= 0.6 is 0 Å². The maximum Gasteiger partial charge on any atom is 0.350 e. The van der Waals surface area contributed by atoms with E-state index in [2.05, 4.69) is 19.9 Å². The van der Waals surface area contributed by atoms with Crippen LogP contribution in [-0.2, 0) is 10.0 Å². The molecule has 5 rings (SSSR count). The van der Waals surface area contributed by atoms with Crippen molar-refractivity contribution in [2.75, 3.05) is 12.1 Å². The van der Waals surface area contributed by atoms with Gasteiger partial charge in [-0.05, 0) is 30.1 Å². The fourth-order valence-corrected chi connectivity index (χ4v) is 4.54. The number of hydrazine groups is 1. The van der Waals surface area contributed by atoms with Gasteiger partial charge >= 0.3 is 5.65 Å². The van der Waals surface area contributed by atoms with Crippen molar-refractivity contribution < 1.29 is 18.0 Å². The molecule has 9 nitrogen and oxygen atoms in total. The summed E-state index contributed by atoms with van der Waals surface area (Å²) in [7, 11) is -2.50. The molecule has 0 saturated heterocycles. The van der Waals surface area contributed by atoms with Gasteiger partial charge in [-0.3, -0.25) is 10.4 Å². The number of anilines is 1. The molecule has 34 heavy (non-hydrogen) atoms. The molecular formula is C24H20N6O3S. The van der Waals surface area contributed by atoms with Crippen molar-refractivity contribution in [1.29, 1.82) is 0 Å². The molecular weight excluding hydrogens is 452 g/mol. The average molecular weight is 473 g/mol. The van der Waals surface area contributed by atoms with E-state index in [4.69, 9.17) is 0 Å². The normalized spacial score (nSPS) is 14.2. The molecule has 2 aromatic carbocycles. The maximum atomic E-state index is 13.5. The molecule has 0 bridgehead atoms. The second-order valence-corrected chi connectivity index (χ2v) is 9.36. The smallest absolute Gasteiger partial charge is 0.350 e. The fourth-order valence-electron chi connectivity index (χ4n) is 3.64. The molecule has 0 amide bonds. The van der Waals surface area contributed by atoms with Crippen LogP contribution < -0.4 is 20.1 Å². The van der Waals surface area contributed by atoms with E-state index in [-0.39, 0.29) is 16.2 Å². The van der Waals surface area contributed by atoms with E-state index in [0.717, 1.165) is 5.56 Å². The molecule has 1 N–H and O–H groups in total. The molecule has 10 heteroatoms. The van der Waals surface area contributed by atoms with Gasteiger partial charge < -0.3 is 5.11 Å². The van der Waals surface area contributed by atoms with Gasteiger partial charge in [-0.1, -0.05) is 59.2 Å². The Morgan fingerprint density at radius 2 is 1.74 bits per heavy atom. The summed E-state index contributed by atoms with van der Waals surface area (Å²) in [6.45, 7) is 1.84. The SMILES string of the molecule is Cc1ccc(S(=O)(=O)/N=C(\[O-])C2=C(c3ccccc3)NN(C)c3nc4cccc[n+]4nc32)cc1. The Bertz CT molecular complexity index is 1570. The van der Waals surface area contributed by atoms with Gasteiger partial charge in [0.2, 0.25) is 0 Å². The van der Waals surface area contributed by atoms with E-state index in [9.17, 15) is 13.5 Å². The maximum absolute atomic E-state index is 13.5. The predicted molar refractivity (Wildman–Crippen MR) is 126 cm³/mol. The standard InChI is InChI=1S/C24H20N6O3S/c1-16-11-13-18(14-12-16)34(32,33)28-24(31)20-21(17-8-4-3-5-9-17)26-29(2)23-22(20)27-30-15-7-6-10-19(30)25-23/h3-15H,1-2H3,(H-,26,27,28,31). The lowest BCUT2D eigenvalue weighted by atomic mass is 10.0. The number of rotatable bonds is 4. The molecule has 0 radical (unpaired) electrons. The molecule has 0 aliphatic carbocycles. The summed E-state index contributed by atoms with van der Waals surface area (Å²) in [6.07, 6.45) is 1.70. The predicted octanol–water partition coefficient (Wildman–Crippen LogP) is 1.49. The third kappa shape index (κ3) is 3.84. The minimum absolute atomic E-state index is 0.0146. The quantitative estimate of drug-likeness (QED) is 0.272. The second-order valence-electron chi connectivity index (χ2n) is 7.76. The highest BCUT2D eigenvalue weighted by atomic mass is 32.2. The van der Waals surface area contributed by atoms with Crippen molar-refractivity contribution >= 4 is 38.7 Å². The highest BCUT2D eigenvalue weighted by Gasteiger charge is 2.32. The van der Waals surface area contributed by atoms with Gasteiger partial charge in [0.15, 0.2) is 5.69 Å². The minimum atomic E-state index is -4.24. The Labute approximate surface area is 196 Å². The Morgan fingerprint density at radius 1 is 1.03 bits per heavy atom. The summed E-state index contributed by atoms with van der Waals surface area (Å²) in [5.74, 6) is -0.566. The third-order valence-electron chi connectivity index (χ3n) is 5.34. The van der Waals surface area contributed by atoms with E-state index in [1.54, 1.807) is 42.5 Å². The number of hydrogen-bond acceptors (Lipinski definition) is 7. The highest BCUT2D eigenvalue weighted by molar-refractivity contribution is 7.90. The van der Waals surface area contributed by atoms with Crippen molar-refractivity contribution in [3.8, 4) is 0 Å². The van der Waals surface area contributed by atoms with Crippen LogP contribution in [0.4, 0.5) is 5.82 Å². The number of aryl methyl sites for hydroxylation is 1. The summed E-state index contributed by atoms with van der Waals surface area (Å²) < 4.78 is 31.1. The number of benzene rings is 2. The van der Waals surface area contributed by atoms with E-state index in [0.29, 0.717) is 22.7 Å². The van der Waals surface area contributed by atoms with Crippen LogP contribution in [0.25, 0.3) is 16.9 Å². The van der Waals surface area contributed by atoms with Gasteiger partial charge in [-0.2, -0.15) is 12.8 Å². The zero-order valence-electron chi connectivity index (χ0n) is 18.4. The largest absolute Gasteiger partial charge is 0.858 e. The lowest BCUT2D eigenvalue weighted by Crippen LogP contribution is -2.43. The van der Waals surface area contributed by atoms with E-state index in [1.165, 1.54) is 16.6 Å². The summed E-state index contributed by atoms with van der Waals surface area (Å²) >= 11 is 0. The van der Waals surface area contributed by atoms with Crippen LogP contribution in [0.5, 0.6) is 0 Å². The Morgan fingerprint density at radius 3 is 2.47 bits per heavy atom. The van der Waals surface area contributed by atoms with E-state index in [1.807, 2.05) is 43.3 Å². The molecule has 4 aromatic rings. The van der Waals surface area contributed by atoms with Gasteiger partial charge in [0.1, 0.15) is 6.20 Å². The van der Waals surface area contributed by atoms with Gasteiger partial charge in [-0.25, -0.2) is 0 Å². The van der Waals surface area contributed by atoms with Crippen LogP contribution in [-0.4, -0.2) is 31.4 Å². The van der Waals surface area contributed by atoms with E-state index < -0.39 is 15.9 Å². The van der Waals surface area contributed by atoms with Crippen LogP contribution in [0.1, 0.15) is 16.8 Å². The second kappa shape index (κ2) is 8.23. The first-order valence-electron chi connectivity index (χ1n) is 10.4. The Balaban J connectivity index is 1.76. The number of fused-ring (bicyclic) bond motifs is 2. The van der Waals surface area contributed by atoms with Gasteiger partial charge in [0.05, 0.1) is 10.6 Å². The lowest BCUT2D eigenvalue weighted by Gasteiger charge is -2.30. The van der Waals surface area contributed by atoms with Crippen molar-refractivity contribution in [2.45, 2.75) is 11.8 Å². The zero-order chi connectivity index (χ0) is 23.9. The van der Waals surface area contributed by atoms with Crippen molar-refractivity contribution in [3.63, 3.8) is 0 Å². The molecule has 0 unspecified atom stereocenters. The topological polar surface area (TPSA) is 115 Å². The van der Waals surface area contributed by atoms with Crippen molar-refractivity contribution in [1.82, 2.24) is 15.5 Å². The first-order valence-corrected chi connectivity index (χ1v) is 11.9. The third-order valence-corrected chi connectivity index (χ3v) is 6.61. The molecule has 1 aliphatic heterocycles. The van der Waals surface area contributed by atoms with Gasteiger partial charge in [0.25, 0.3) is 15.8 Å². The zero-order valence-corrected chi connectivity index (χ0v) is 19.2. The Hall–Kier alpha value is -4.31. The van der Waals surface area contributed by atoms with Gasteiger partial charge in [-0.15, -0.1) is 4.52 Å². The lowest BCUT2D eigenvalue weighted by molar-refractivity contribution is -0.583. The Kier molecular flexibility index (Phi) is 5.21. The van der Waals surface area contributed by atoms with Crippen LogP contribution in [0, 0.1) is 6.92 Å². The van der Waals surface area contributed by atoms with Gasteiger partial charge in [0, 0.05) is 30.1 Å². The first kappa shape index (κ1) is 21.5. The molecule has 0 fully saturated rings. The molecule has 1 aliphatic rings. The number of nitrogens with one attached hydrogen (secondary N) is 1. The number of hydrogen-bond donors (Lipinski definition) is 1. The average Bonchev–Trinajstić information content (AvgIpc) is 2.83.